The number of anilines is 1. The summed E-state index contributed by atoms with van der Waals surface area (Å²) < 4.78 is 10.7. The number of carbonyl (C=O) groups is 1. The molecule has 0 aromatic heterocycles. The standard InChI is InChI=1S/C17H25N3O3/c1-22-14-8-13(9-15(10-14)23-2)20-7-5-12(11-20)19-17(21)16-4-3-6-18-16/h8-10,12,16,18H,3-7,11H2,1-2H3,(H,19,21). The highest BCUT2D eigenvalue weighted by atomic mass is 16.5. The first-order valence-electron chi connectivity index (χ1n) is 8.21. The first-order valence-corrected chi connectivity index (χ1v) is 8.21. The summed E-state index contributed by atoms with van der Waals surface area (Å²) in [7, 11) is 3.31. The minimum absolute atomic E-state index is 0.0130. The van der Waals surface area contributed by atoms with E-state index in [-0.39, 0.29) is 18.0 Å². The first-order chi connectivity index (χ1) is 11.2. The van der Waals surface area contributed by atoms with Gasteiger partial charge in [0.2, 0.25) is 5.91 Å². The average molecular weight is 319 g/mol. The van der Waals surface area contributed by atoms with Crippen molar-refractivity contribution >= 4 is 11.6 Å². The zero-order valence-corrected chi connectivity index (χ0v) is 13.8. The molecule has 2 atom stereocenters. The fourth-order valence-electron chi connectivity index (χ4n) is 3.30. The Bertz CT molecular complexity index is 536. The van der Waals surface area contributed by atoms with Crippen molar-refractivity contribution in [1.29, 1.82) is 0 Å². The van der Waals surface area contributed by atoms with Crippen molar-refractivity contribution in [3.8, 4) is 11.5 Å². The molecule has 23 heavy (non-hydrogen) atoms. The maximum atomic E-state index is 12.2. The van der Waals surface area contributed by atoms with Gasteiger partial charge in [-0.3, -0.25) is 4.79 Å². The zero-order chi connectivity index (χ0) is 16.2. The van der Waals surface area contributed by atoms with Gasteiger partial charge in [-0.15, -0.1) is 0 Å². The van der Waals surface area contributed by atoms with E-state index in [0.29, 0.717) is 0 Å². The van der Waals surface area contributed by atoms with Crippen molar-refractivity contribution in [2.75, 3.05) is 38.8 Å². The van der Waals surface area contributed by atoms with Gasteiger partial charge in [0.15, 0.2) is 0 Å². The van der Waals surface area contributed by atoms with Crippen LogP contribution >= 0.6 is 0 Å². The number of hydrogen-bond acceptors (Lipinski definition) is 5. The second kappa shape index (κ2) is 7.08. The van der Waals surface area contributed by atoms with E-state index in [1.807, 2.05) is 18.2 Å². The summed E-state index contributed by atoms with van der Waals surface area (Å²) in [6.45, 7) is 2.67. The van der Waals surface area contributed by atoms with Crippen LogP contribution in [0, 0.1) is 0 Å². The highest BCUT2D eigenvalue weighted by molar-refractivity contribution is 5.82. The lowest BCUT2D eigenvalue weighted by Gasteiger charge is -2.21. The molecule has 1 aromatic carbocycles. The maximum Gasteiger partial charge on any atom is 0.237 e. The van der Waals surface area contributed by atoms with Gasteiger partial charge >= 0.3 is 0 Å². The SMILES string of the molecule is COc1cc(OC)cc(N2CCC(NC(=O)C3CCCN3)C2)c1. The highest BCUT2D eigenvalue weighted by Gasteiger charge is 2.28. The molecule has 2 saturated heterocycles. The van der Waals surface area contributed by atoms with Crippen molar-refractivity contribution in [2.45, 2.75) is 31.3 Å². The quantitative estimate of drug-likeness (QED) is 0.852. The molecule has 1 amide bonds. The van der Waals surface area contributed by atoms with Gasteiger partial charge in [-0.2, -0.15) is 0 Å². The minimum atomic E-state index is -0.0130. The highest BCUT2D eigenvalue weighted by Crippen LogP contribution is 2.30. The summed E-state index contributed by atoms with van der Waals surface area (Å²) in [5.41, 5.74) is 1.07. The fourth-order valence-corrected chi connectivity index (χ4v) is 3.30. The number of rotatable bonds is 5. The number of ether oxygens (including phenoxy) is 2. The predicted molar refractivity (Wildman–Crippen MR) is 89.3 cm³/mol. The Morgan fingerprint density at radius 3 is 2.57 bits per heavy atom. The summed E-state index contributed by atoms with van der Waals surface area (Å²) in [6, 6.07) is 6.06. The van der Waals surface area contributed by atoms with E-state index < -0.39 is 0 Å². The van der Waals surface area contributed by atoms with Gasteiger partial charge in [-0.1, -0.05) is 0 Å². The van der Waals surface area contributed by atoms with E-state index in [4.69, 9.17) is 9.47 Å². The summed E-state index contributed by atoms with van der Waals surface area (Å²) in [5.74, 6) is 1.70. The van der Waals surface area contributed by atoms with Gasteiger partial charge < -0.3 is 25.0 Å². The third-order valence-corrected chi connectivity index (χ3v) is 4.61. The van der Waals surface area contributed by atoms with Crippen molar-refractivity contribution in [3.63, 3.8) is 0 Å². The molecule has 2 unspecified atom stereocenters. The lowest BCUT2D eigenvalue weighted by molar-refractivity contribution is -0.123. The van der Waals surface area contributed by atoms with Gasteiger partial charge in [0, 0.05) is 43.0 Å². The van der Waals surface area contributed by atoms with Crippen LogP contribution in [0.25, 0.3) is 0 Å². The number of methoxy groups -OCH3 is 2. The zero-order valence-electron chi connectivity index (χ0n) is 13.8. The smallest absolute Gasteiger partial charge is 0.237 e. The molecule has 0 bridgehead atoms. The van der Waals surface area contributed by atoms with Crippen LogP contribution in [0.3, 0.4) is 0 Å². The second-order valence-corrected chi connectivity index (χ2v) is 6.16. The summed E-state index contributed by atoms with van der Waals surface area (Å²) in [6.07, 6.45) is 2.98. The number of hydrogen-bond donors (Lipinski definition) is 2. The molecule has 1 aromatic rings. The predicted octanol–water partition coefficient (Wildman–Crippen LogP) is 1.15. The summed E-state index contributed by atoms with van der Waals surface area (Å²) in [5, 5.41) is 6.42. The van der Waals surface area contributed by atoms with Gasteiger partial charge in [0.25, 0.3) is 0 Å². The van der Waals surface area contributed by atoms with E-state index in [2.05, 4.69) is 15.5 Å². The van der Waals surface area contributed by atoms with E-state index in [0.717, 1.165) is 56.1 Å². The molecule has 0 aliphatic carbocycles. The number of nitrogens with one attached hydrogen (secondary N) is 2. The van der Waals surface area contributed by atoms with E-state index in [1.165, 1.54) is 0 Å². The average Bonchev–Trinajstić information content (AvgIpc) is 3.26. The minimum Gasteiger partial charge on any atom is -0.497 e. The molecule has 2 fully saturated rings. The molecule has 2 N–H and O–H groups in total. The van der Waals surface area contributed by atoms with Crippen molar-refractivity contribution < 1.29 is 14.3 Å². The monoisotopic (exact) mass is 319 g/mol. The van der Waals surface area contributed by atoms with Crippen molar-refractivity contribution in [1.82, 2.24) is 10.6 Å². The molecule has 6 heteroatoms. The van der Waals surface area contributed by atoms with Gasteiger partial charge in [0.05, 0.1) is 20.3 Å². The molecule has 0 spiro atoms. The molecule has 3 rings (SSSR count). The van der Waals surface area contributed by atoms with Crippen LogP contribution in [0.2, 0.25) is 0 Å². The van der Waals surface area contributed by atoms with Gasteiger partial charge in [-0.25, -0.2) is 0 Å². The van der Waals surface area contributed by atoms with E-state index >= 15 is 0 Å². The number of nitrogens with zero attached hydrogens (tertiary/aromatic N) is 1. The number of carbonyl (C=O) groups excluding carboxylic acids is 1. The van der Waals surface area contributed by atoms with Crippen LogP contribution < -0.4 is 25.0 Å². The normalized spacial score (nSPS) is 23.8. The van der Waals surface area contributed by atoms with Crippen LogP contribution in [0.15, 0.2) is 18.2 Å². The summed E-state index contributed by atoms with van der Waals surface area (Å²) in [4.78, 5) is 14.5. The molecule has 6 nitrogen and oxygen atoms in total. The maximum absolute atomic E-state index is 12.2. The largest absolute Gasteiger partial charge is 0.497 e. The molecular weight excluding hydrogens is 294 g/mol. The van der Waals surface area contributed by atoms with E-state index in [9.17, 15) is 4.79 Å². The van der Waals surface area contributed by atoms with Gasteiger partial charge in [-0.05, 0) is 25.8 Å². The lowest BCUT2D eigenvalue weighted by Crippen LogP contribution is -2.46. The molecule has 2 aliphatic rings. The second-order valence-electron chi connectivity index (χ2n) is 6.16. The molecule has 0 radical (unpaired) electrons. The molecule has 0 saturated carbocycles. The Balaban J connectivity index is 1.61. The third-order valence-electron chi connectivity index (χ3n) is 4.61. The fraction of sp³-hybridized carbons (Fsp3) is 0.588. The Morgan fingerprint density at radius 1 is 1.22 bits per heavy atom. The van der Waals surface area contributed by atoms with Crippen LogP contribution in [0.5, 0.6) is 11.5 Å². The van der Waals surface area contributed by atoms with Crippen LogP contribution in [0.1, 0.15) is 19.3 Å². The summed E-state index contributed by atoms with van der Waals surface area (Å²) >= 11 is 0. The van der Waals surface area contributed by atoms with Crippen molar-refractivity contribution in [2.24, 2.45) is 0 Å². The molecular formula is C17H25N3O3. The van der Waals surface area contributed by atoms with Crippen LogP contribution in [0.4, 0.5) is 5.69 Å². The van der Waals surface area contributed by atoms with Crippen molar-refractivity contribution in [3.05, 3.63) is 18.2 Å². The van der Waals surface area contributed by atoms with Crippen LogP contribution in [-0.4, -0.2) is 51.8 Å². The number of benzene rings is 1. The Hall–Kier alpha value is -1.95. The van der Waals surface area contributed by atoms with Gasteiger partial charge in [0.1, 0.15) is 11.5 Å². The lowest BCUT2D eigenvalue weighted by atomic mass is 10.2. The topological polar surface area (TPSA) is 62.8 Å². The van der Waals surface area contributed by atoms with Crippen LogP contribution in [-0.2, 0) is 4.79 Å². The Morgan fingerprint density at radius 2 is 1.96 bits per heavy atom. The molecule has 126 valence electrons. The third kappa shape index (κ3) is 3.69. The molecule has 2 heterocycles. The Kier molecular flexibility index (Phi) is 4.91. The molecule has 2 aliphatic heterocycles. The number of amides is 1. The first kappa shape index (κ1) is 15.9. The Labute approximate surface area is 137 Å². The van der Waals surface area contributed by atoms with E-state index in [1.54, 1.807) is 14.2 Å².